The van der Waals surface area contributed by atoms with Crippen molar-refractivity contribution in [2.24, 2.45) is 0 Å². The van der Waals surface area contributed by atoms with Gasteiger partial charge in [0.05, 0.1) is 0 Å². The number of hydrogen-bond donors (Lipinski definition) is 1. The van der Waals surface area contributed by atoms with E-state index in [1.807, 2.05) is 0 Å². The highest BCUT2D eigenvalue weighted by atomic mass is 19.4. The Morgan fingerprint density at radius 3 is 2.55 bits per heavy atom. The summed E-state index contributed by atoms with van der Waals surface area (Å²) in [6.07, 6.45) is -7.77. The quantitative estimate of drug-likeness (QED) is 0.526. The number of amides is 1. The number of carbonyl (C=O) groups is 1. The van der Waals surface area contributed by atoms with Gasteiger partial charge in [0.2, 0.25) is 11.8 Å². The van der Waals surface area contributed by atoms with Gasteiger partial charge in [-0.2, -0.15) is 31.3 Å². The van der Waals surface area contributed by atoms with Crippen LogP contribution in [0.2, 0.25) is 0 Å². The van der Waals surface area contributed by atoms with Crippen LogP contribution in [0.1, 0.15) is 34.8 Å². The second-order valence-corrected chi connectivity index (χ2v) is 7.09. The smallest absolute Gasteiger partial charge is 0.453 e. The molecule has 0 atom stereocenters. The molecular formula is C19H18F6N6O2. The lowest BCUT2D eigenvalue weighted by Crippen LogP contribution is -2.23. The number of aromatic nitrogens is 5. The number of aryl methyl sites for hydroxylation is 2. The van der Waals surface area contributed by atoms with Crippen LogP contribution in [0.25, 0.3) is 5.78 Å². The van der Waals surface area contributed by atoms with Gasteiger partial charge in [-0.15, -0.1) is 5.10 Å². The molecule has 0 aliphatic rings. The summed E-state index contributed by atoms with van der Waals surface area (Å²) in [4.78, 5) is 23.4. The highest BCUT2D eigenvalue weighted by Gasteiger charge is 2.37. The number of carbonyl (C=O) groups excluding carboxylic acids is 1. The van der Waals surface area contributed by atoms with Crippen LogP contribution in [0.15, 0.2) is 18.3 Å². The zero-order chi connectivity index (χ0) is 24.4. The number of nitrogens with zero attached hydrogens (tertiary/aromatic N) is 5. The molecule has 1 amide bonds. The molecule has 1 N–H and O–H groups in total. The van der Waals surface area contributed by atoms with Crippen molar-refractivity contribution in [3.8, 4) is 5.88 Å². The van der Waals surface area contributed by atoms with Gasteiger partial charge in [-0.05, 0) is 37.5 Å². The first-order valence-corrected chi connectivity index (χ1v) is 9.54. The van der Waals surface area contributed by atoms with Crippen LogP contribution >= 0.6 is 0 Å². The maximum absolute atomic E-state index is 12.9. The van der Waals surface area contributed by atoms with E-state index < -0.39 is 24.8 Å². The average Bonchev–Trinajstić information content (AvgIpc) is 3.15. The molecule has 8 nitrogen and oxygen atoms in total. The minimum Gasteiger partial charge on any atom is -0.468 e. The molecule has 3 heterocycles. The van der Waals surface area contributed by atoms with Crippen LogP contribution in [0.4, 0.5) is 26.3 Å². The number of ether oxygens (including phenoxy) is 1. The van der Waals surface area contributed by atoms with Crippen molar-refractivity contribution >= 4 is 11.7 Å². The normalized spacial score (nSPS) is 12.2. The minimum atomic E-state index is -4.71. The van der Waals surface area contributed by atoms with E-state index in [2.05, 4.69) is 30.1 Å². The van der Waals surface area contributed by atoms with Crippen LogP contribution in [0.5, 0.6) is 5.88 Å². The van der Waals surface area contributed by atoms with E-state index >= 15 is 0 Å². The maximum Gasteiger partial charge on any atom is 0.453 e. The first kappa shape index (κ1) is 24.2. The molecule has 178 valence electrons. The number of rotatable bonds is 7. The molecule has 0 saturated carbocycles. The number of halogens is 6. The zero-order valence-electron chi connectivity index (χ0n) is 17.4. The second kappa shape index (κ2) is 9.19. The standard InChI is InChI=1S/C19H18F6N6O2/c1-10-13(11(2)31-17(28-10)29-16(30-31)19(23,24)25)3-4-14(32)27-8-12-5-6-26-15(7-12)33-9-18(20,21)22/h5-7H,3-4,8-9H2,1-2H3,(H,27,32). The molecule has 3 aromatic heterocycles. The van der Waals surface area contributed by atoms with E-state index in [4.69, 9.17) is 0 Å². The third-order valence-corrected chi connectivity index (χ3v) is 4.58. The Bertz CT molecular complexity index is 1160. The summed E-state index contributed by atoms with van der Waals surface area (Å²) in [7, 11) is 0. The van der Waals surface area contributed by atoms with E-state index in [9.17, 15) is 31.1 Å². The monoisotopic (exact) mass is 476 g/mol. The molecule has 0 aliphatic heterocycles. The Morgan fingerprint density at radius 1 is 1.15 bits per heavy atom. The first-order chi connectivity index (χ1) is 15.3. The van der Waals surface area contributed by atoms with E-state index in [0.717, 1.165) is 4.52 Å². The van der Waals surface area contributed by atoms with Gasteiger partial charge in [-0.25, -0.2) is 14.5 Å². The SMILES string of the molecule is Cc1nc2nc(C(F)(F)F)nn2c(C)c1CCC(=O)NCc1ccnc(OCC(F)(F)F)c1. The highest BCUT2D eigenvalue weighted by molar-refractivity contribution is 5.76. The summed E-state index contributed by atoms with van der Waals surface area (Å²) in [6, 6.07) is 2.79. The molecule has 0 saturated heterocycles. The maximum atomic E-state index is 12.9. The van der Waals surface area contributed by atoms with Crippen molar-refractivity contribution in [1.29, 1.82) is 0 Å². The Balaban J connectivity index is 1.61. The molecule has 3 rings (SSSR count). The molecule has 0 bridgehead atoms. The topological polar surface area (TPSA) is 94.3 Å². The van der Waals surface area contributed by atoms with Gasteiger partial charge in [-0.3, -0.25) is 4.79 Å². The molecule has 0 fully saturated rings. The average molecular weight is 476 g/mol. The van der Waals surface area contributed by atoms with Crippen LogP contribution in [0, 0.1) is 13.8 Å². The Morgan fingerprint density at radius 2 is 1.88 bits per heavy atom. The predicted molar refractivity (Wildman–Crippen MR) is 101 cm³/mol. The summed E-state index contributed by atoms with van der Waals surface area (Å²) in [5.41, 5.74) is 1.85. The predicted octanol–water partition coefficient (Wildman–Crippen LogP) is 3.35. The van der Waals surface area contributed by atoms with E-state index in [1.165, 1.54) is 18.3 Å². The van der Waals surface area contributed by atoms with Gasteiger partial charge in [0, 0.05) is 36.6 Å². The Kier molecular flexibility index (Phi) is 6.74. The van der Waals surface area contributed by atoms with E-state index in [-0.39, 0.29) is 37.0 Å². The number of alkyl halides is 6. The van der Waals surface area contributed by atoms with Crippen molar-refractivity contribution in [1.82, 2.24) is 29.9 Å². The summed E-state index contributed by atoms with van der Waals surface area (Å²) in [6.45, 7) is 1.70. The third kappa shape index (κ3) is 6.29. The molecule has 0 aliphatic carbocycles. The molecule has 0 unspecified atom stereocenters. The summed E-state index contributed by atoms with van der Waals surface area (Å²) < 4.78 is 80.9. The highest BCUT2D eigenvalue weighted by Crippen LogP contribution is 2.27. The largest absolute Gasteiger partial charge is 0.468 e. The molecule has 0 radical (unpaired) electrons. The van der Waals surface area contributed by atoms with Crippen molar-refractivity contribution < 1.29 is 35.9 Å². The third-order valence-electron chi connectivity index (χ3n) is 4.58. The van der Waals surface area contributed by atoms with Gasteiger partial charge < -0.3 is 10.1 Å². The molecular weight excluding hydrogens is 458 g/mol. The number of pyridine rings is 1. The fourth-order valence-electron chi connectivity index (χ4n) is 3.01. The van der Waals surface area contributed by atoms with Crippen LogP contribution in [-0.4, -0.2) is 43.3 Å². The fourth-order valence-corrected chi connectivity index (χ4v) is 3.01. The molecule has 3 aromatic rings. The molecule has 0 spiro atoms. The van der Waals surface area contributed by atoms with Gasteiger partial charge in [-0.1, -0.05) is 0 Å². The number of hydrogen-bond acceptors (Lipinski definition) is 6. The van der Waals surface area contributed by atoms with Gasteiger partial charge >= 0.3 is 12.4 Å². The lowest BCUT2D eigenvalue weighted by molar-refractivity contribution is -0.154. The van der Waals surface area contributed by atoms with Crippen LogP contribution in [-0.2, 0) is 23.9 Å². The van der Waals surface area contributed by atoms with Crippen molar-refractivity contribution in [3.63, 3.8) is 0 Å². The Labute approximate surface area is 183 Å². The summed E-state index contributed by atoms with van der Waals surface area (Å²) in [5, 5.41) is 6.08. The van der Waals surface area contributed by atoms with E-state index in [1.54, 1.807) is 13.8 Å². The number of nitrogens with one attached hydrogen (secondary N) is 1. The minimum absolute atomic E-state index is 0.00178. The van der Waals surface area contributed by atoms with Crippen LogP contribution in [0.3, 0.4) is 0 Å². The van der Waals surface area contributed by atoms with Gasteiger partial charge in [0.25, 0.3) is 11.6 Å². The van der Waals surface area contributed by atoms with Crippen molar-refractivity contribution in [2.45, 2.75) is 45.6 Å². The molecule has 33 heavy (non-hydrogen) atoms. The molecule has 0 aromatic carbocycles. The lowest BCUT2D eigenvalue weighted by atomic mass is 10.1. The first-order valence-electron chi connectivity index (χ1n) is 9.54. The molecule has 14 heteroatoms. The fraction of sp³-hybridized carbons (Fsp3) is 0.421. The van der Waals surface area contributed by atoms with Gasteiger partial charge in [0.15, 0.2) is 6.61 Å². The van der Waals surface area contributed by atoms with E-state index in [0.29, 0.717) is 22.5 Å². The van der Waals surface area contributed by atoms with Crippen molar-refractivity contribution in [3.05, 3.63) is 46.7 Å². The van der Waals surface area contributed by atoms with Gasteiger partial charge in [0.1, 0.15) is 0 Å². The second-order valence-electron chi connectivity index (χ2n) is 7.09. The number of fused-ring (bicyclic) bond motifs is 1. The van der Waals surface area contributed by atoms with Crippen molar-refractivity contribution in [2.75, 3.05) is 6.61 Å². The summed E-state index contributed by atoms with van der Waals surface area (Å²) >= 11 is 0. The zero-order valence-corrected chi connectivity index (χ0v) is 17.4. The van der Waals surface area contributed by atoms with Crippen LogP contribution < -0.4 is 10.1 Å². The summed E-state index contributed by atoms with van der Waals surface area (Å²) in [5.74, 6) is -2.09. The Hall–Kier alpha value is -3.45. The lowest BCUT2D eigenvalue weighted by Gasteiger charge is -2.11.